The predicted molar refractivity (Wildman–Crippen MR) is 90.4 cm³/mol. The fourth-order valence-electron chi connectivity index (χ4n) is 2.77. The molecule has 126 valence electrons. The lowest BCUT2D eigenvalue weighted by Gasteiger charge is -2.36. The summed E-state index contributed by atoms with van der Waals surface area (Å²) in [5.41, 5.74) is 0.750. The highest BCUT2D eigenvalue weighted by Crippen LogP contribution is 2.22. The van der Waals surface area contributed by atoms with Crippen molar-refractivity contribution in [2.45, 2.75) is 6.04 Å². The Morgan fingerprint density at radius 1 is 1.33 bits per heavy atom. The highest BCUT2D eigenvalue weighted by molar-refractivity contribution is 7.12. The van der Waals surface area contributed by atoms with E-state index in [9.17, 15) is 14.0 Å². The molecule has 1 atom stereocenters. The van der Waals surface area contributed by atoms with E-state index < -0.39 is 0 Å². The summed E-state index contributed by atoms with van der Waals surface area (Å²) in [5.74, 6) is -0.747. The summed E-state index contributed by atoms with van der Waals surface area (Å²) in [6, 6.07) is 9.55. The van der Waals surface area contributed by atoms with Crippen molar-refractivity contribution in [2.75, 3.05) is 26.2 Å². The predicted octanol–water partition coefficient (Wildman–Crippen LogP) is 1.79. The Hall–Kier alpha value is -2.25. The third kappa shape index (κ3) is 3.80. The number of benzene rings is 1. The molecule has 1 saturated heterocycles. The Morgan fingerprint density at radius 3 is 2.96 bits per heavy atom. The Labute approximate surface area is 143 Å². The third-order valence-corrected chi connectivity index (χ3v) is 4.81. The van der Waals surface area contributed by atoms with Crippen molar-refractivity contribution in [3.63, 3.8) is 0 Å². The SMILES string of the molecule is O=C(NCC(=O)N1CCNCC1c1cccc(F)c1)c1cccs1. The molecule has 0 radical (unpaired) electrons. The van der Waals surface area contributed by atoms with Gasteiger partial charge in [-0.3, -0.25) is 9.59 Å². The molecule has 0 aliphatic carbocycles. The number of halogens is 1. The highest BCUT2D eigenvalue weighted by atomic mass is 32.1. The van der Waals surface area contributed by atoms with Crippen LogP contribution in [0.2, 0.25) is 0 Å². The van der Waals surface area contributed by atoms with E-state index in [1.807, 2.05) is 11.4 Å². The molecular formula is C17H18FN3O2S. The lowest BCUT2D eigenvalue weighted by Crippen LogP contribution is -2.51. The number of amides is 2. The van der Waals surface area contributed by atoms with E-state index in [1.54, 1.807) is 23.1 Å². The number of thiophene rings is 1. The van der Waals surface area contributed by atoms with Gasteiger partial charge in [0.1, 0.15) is 5.82 Å². The van der Waals surface area contributed by atoms with Crippen LogP contribution < -0.4 is 10.6 Å². The number of nitrogens with zero attached hydrogens (tertiary/aromatic N) is 1. The second kappa shape index (κ2) is 7.55. The summed E-state index contributed by atoms with van der Waals surface area (Å²) in [6.07, 6.45) is 0. The fraction of sp³-hybridized carbons (Fsp3) is 0.294. The van der Waals surface area contributed by atoms with E-state index in [1.165, 1.54) is 23.5 Å². The molecule has 24 heavy (non-hydrogen) atoms. The number of piperazine rings is 1. The van der Waals surface area contributed by atoms with Gasteiger partial charge in [0, 0.05) is 19.6 Å². The molecule has 2 aromatic rings. The van der Waals surface area contributed by atoms with Gasteiger partial charge in [0.05, 0.1) is 17.5 Å². The maximum absolute atomic E-state index is 13.5. The third-order valence-electron chi connectivity index (χ3n) is 3.94. The molecule has 1 aromatic carbocycles. The lowest BCUT2D eigenvalue weighted by molar-refractivity contribution is -0.133. The zero-order valence-corrected chi connectivity index (χ0v) is 13.8. The van der Waals surface area contributed by atoms with Gasteiger partial charge in [0.25, 0.3) is 5.91 Å². The standard InChI is InChI=1S/C17H18FN3O2S/c18-13-4-1-3-12(9-13)14-10-19-6-7-21(14)16(22)11-20-17(23)15-5-2-8-24-15/h1-5,8-9,14,19H,6-7,10-11H2,(H,20,23). The van der Waals surface area contributed by atoms with Crippen LogP contribution in [0.4, 0.5) is 4.39 Å². The normalized spacial score (nSPS) is 17.5. The van der Waals surface area contributed by atoms with Crippen molar-refractivity contribution in [2.24, 2.45) is 0 Å². The molecule has 2 heterocycles. The van der Waals surface area contributed by atoms with E-state index >= 15 is 0 Å². The number of carbonyl (C=O) groups is 2. The van der Waals surface area contributed by atoms with Crippen LogP contribution in [0.1, 0.15) is 21.3 Å². The molecule has 1 aliphatic heterocycles. The van der Waals surface area contributed by atoms with Gasteiger partial charge in [0.2, 0.25) is 5.91 Å². The Morgan fingerprint density at radius 2 is 2.21 bits per heavy atom. The molecule has 3 rings (SSSR count). The van der Waals surface area contributed by atoms with Gasteiger partial charge in [-0.05, 0) is 29.1 Å². The first-order valence-corrected chi connectivity index (χ1v) is 8.60. The van der Waals surface area contributed by atoms with Crippen molar-refractivity contribution in [3.8, 4) is 0 Å². The molecule has 7 heteroatoms. The van der Waals surface area contributed by atoms with E-state index in [0.29, 0.717) is 24.5 Å². The van der Waals surface area contributed by atoms with E-state index in [0.717, 1.165) is 5.56 Å². The van der Waals surface area contributed by atoms with Crippen LogP contribution in [-0.2, 0) is 4.79 Å². The van der Waals surface area contributed by atoms with Gasteiger partial charge >= 0.3 is 0 Å². The van der Waals surface area contributed by atoms with Crippen LogP contribution in [0.5, 0.6) is 0 Å². The van der Waals surface area contributed by atoms with Gasteiger partial charge in [-0.15, -0.1) is 11.3 Å². The number of rotatable bonds is 4. The minimum Gasteiger partial charge on any atom is -0.342 e. The van der Waals surface area contributed by atoms with Crippen molar-refractivity contribution in [1.82, 2.24) is 15.5 Å². The van der Waals surface area contributed by atoms with Crippen LogP contribution in [0.3, 0.4) is 0 Å². The first kappa shape index (κ1) is 16.6. The van der Waals surface area contributed by atoms with Crippen LogP contribution in [-0.4, -0.2) is 42.9 Å². The number of hydrogen-bond donors (Lipinski definition) is 2. The van der Waals surface area contributed by atoms with E-state index in [2.05, 4.69) is 10.6 Å². The molecule has 2 N–H and O–H groups in total. The Kier molecular flexibility index (Phi) is 5.22. The number of nitrogens with one attached hydrogen (secondary N) is 2. The van der Waals surface area contributed by atoms with Crippen molar-refractivity contribution in [3.05, 3.63) is 58.0 Å². The summed E-state index contributed by atoms with van der Waals surface area (Å²) in [5, 5.41) is 7.69. The van der Waals surface area contributed by atoms with Crippen molar-refractivity contribution in [1.29, 1.82) is 0 Å². The van der Waals surface area contributed by atoms with Crippen LogP contribution in [0.15, 0.2) is 41.8 Å². The quantitative estimate of drug-likeness (QED) is 0.886. The first-order chi connectivity index (χ1) is 11.6. The zero-order chi connectivity index (χ0) is 16.9. The van der Waals surface area contributed by atoms with E-state index in [4.69, 9.17) is 0 Å². The summed E-state index contributed by atoms with van der Waals surface area (Å²) in [7, 11) is 0. The summed E-state index contributed by atoms with van der Waals surface area (Å²) < 4.78 is 13.5. The van der Waals surface area contributed by atoms with Gasteiger partial charge in [0.15, 0.2) is 0 Å². The summed E-state index contributed by atoms with van der Waals surface area (Å²) in [4.78, 5) is 26.8. The second-order valence-corrected chi connectivity index (χ2v) is 6.47. The molecule has 0 bridgehead atoms. The summed E-state index contributed by atoms with van der Waals surface area (Å²) in [6.45, 7) is 1.70. The van der Waals surface area contributed by atoms with Crippen molar-refractivity contribution < 1.29 is 14.0 Å². The molecule has 0 spiro atoms. The summed E-state index contributed by atoms with van der Waals surface area (Å²) >= 11 is 1.33. The van der Waals surface area contributed by atoms with Crippen LogP contribution in [0, 0.1) is 5.82 Å². The number of hydrogen-bond acceptors (Lipinski definition) is 4. The second-order valence-electron chi connectivity index (χ2n) is 5.52. The topological polar surface area (TPSA) is 61.4 Å². The van der Waals surface area contributed by atoms with Gasteiger partial charge in [-0.25, -0.2) is 4.39 Å². The maximum Gasteiger partial charge on any atom is 0.261 e. The highest BCUT2D eigenvalue weighted by Gasteiger charge is 2.28. The van der Waals surface area contributed by atoms with Crippen LogP contribution >= 0.6 is 11.3 Å². The molecule has 2 amide bonds. The van der Waals surface area contributed by atoms with Gasteiger partial charge < -0.3 is 15.5 Å². The fourth-order valence-corrected chi connectivity index (χ4v) is 3.41. The minimum absolute atomic E-state index is 0.0669. The largest absolute Gasteiger partial charge is 0.342 e. The molecule has 1 unspecified atom stereocenters. The van der Waals surface area contributed by atoms with Gasteiger partial charge in [-0.1, -0.05) is 18.2 Å². The average Bonchev–Trinajstić information content (AvgIpc) is 3.14. The van der Waals surface area contributed by atoms with Crippen molar-refractivity contribution >= 4 is 23.2 Å². The molecule has 0 saturated carbocycles. The monoisotopic (exact) mass is 347 g/mol. The first-order valence-electron chi connectivity index (χ1n) is 7.72. The molecule has 1 aromatic heterocycles. The van der Waals surface area contributed by atoms with Gasteiger partial charge in [-0.2, -0.15) is 0 Å². The maximum atomic E-state index is 13.5. The molecular weight excluding hydrogens is 329 g/mol. The smallest absolute Gasteiger partial charge is 0.261 e. The lowest BCUT2D eigenvalue weighted by atomic mass is 10.0. The molecule has 1 fully saturated rings. The van der Waals surface area contributed by atoms with E-state index in [-0.39, 0.29) is 30.2 Å². The molecule has 5 nitrogen and oxygen atoms in total. The minimum atomic E-state index is -0.323. The average molecular weight is 347 g/mol. The number of carbonyl (C=O) groups excluding carboxylic acids is 2. The zero-order valence-electron chi connectivity index (χ0n) is 13.0. The van der Waals surface area contributed by atoms with Crippen LogP contribution in [0.25, 0.3) is 0 Å². The molecule has 1 aliphatic rings. The Bertz CT molecular complexity index is 720. The Balaban J connectivity index is 1.66.